The Kier molecular flexibility index (Phi) is 3.32. The molecule has 0 unspecified atom stereocenters. The maximum Gasteiger partial charge on any atom is 0.128 e. The minimum absolute atomic E-state index is 0.827. The van der Waals surface area contributed by atoms with E-state index >= 15 is 0 Å². The van der Waals surface area contributed by atoms with Crippen LogP contribution in [-0.4, -0.2) is 11.7 Å². The van der Waals surface area contributed by atoms with Crippen LogP contribution in [0.4, 0.5) is 0 Å². The summed E-state index contributed by atoms with van der Waals surface area (Å²) < 4.78 is 4.73. The Morgan fingerprint density at radius 1 is 1.43 bits per heavy atom. The average Bonchev–Trinajstić information content (AvgIpc) is 2.86. The summed E-state index contributed by atoms with van der Waals surface area (Å²) in [6.45, 7) is 1.82. The van der Waals surface area contributed by atoms with Gasteiger partial charge in [-0.2, -0.15) is 11.3 Å². The average molecular weight is 208 g/mol. The molecule has 0 spiro atoms. The Bertz CT molecular complexity index is 306. The number of thiophene rings is 1. The summed E-state index contributed by atoms with van der Waals surface area (Å²) in [4.78, 5) is 0. The first-order valence-corrected chi connectivity index (χ1v) is 5.49. The highest BCUT2D eigenvalue weighted by molar-refractivity contribution is 7.07. The summed E-state index contributed by atoms with van der Waals surface area (Å²) in [5, 5.41) is 11.3. The van der Waals surface area contributed by atoms with E-state index < -0.39 is 0 Å². The zero-order valence-electron chi connectivity index (χ0n) is 7.77. The minimum Gasteiger partial charge on any atom is -0.364 e. The van der Waals surface area contributed by atoms with Crippen molar-refractivity contribution in [3.05, 3.63) is 40.4 Å². The molecule has 2 aromatic rings. The van der Waals surface area contributed by atoms with Gasteiger partial charge in [-0.05, 0) is 35.4 Å². The molecule has 0 amide bonds. The number of nitrogens with zero attached hydrogens (tertiary/aromatic N) is 1. The largest absolute Gasteiger partial charge is 0.364 e. The minimum atomic E-state index is 0.827. The first kappa shape index (κ1) is 9.43. The van der Waals surface area contributed by atoms with E-state index in [4.69, 9.17) is 4.52 Å². The van der Waals surface area contributed by atoms with Crippen molar-refractivity contribution in [2.24, 2.45) is 0 Å². The summed E-state index contributed by atoms with van der Waals surface area (Å²) in [7, 11) is 0. The highest BCUT2D eigenvalue weighted by atomic mass is 32.1. The molecule has 0 radical (unpaired) electrons. The van der Waals surface area contributed by atoms with Crippen LogP contribution in [0.15, 0.2) is 33.8 Å². The highest BCUT2D eigenvalue weighted by Crippen LogP contribution is 2.05. The van der Waals surface area contributed by atoms with Gasteiger partial charge in [0.15, 0.2) is 0 Å². The third-order valence-corrected chi connectivity index (χ3v) is 2.72. The van der Waals surface area contributed by atoms with Crippen LogP contribution in [0.5, 0.6) is 0 Å². The van der Waals surface area contributed by atoms with Gasteiger partial charge in [0, 0.05) is 12.1 Å². The van der Waals surface area contributed by atoms with Crippen molar-refractivity contribution in [2.45, 2.75) is 13.0 Å². The lowest BCUT2D eigenvalue weighted by Crippen LogP contribution is -2.15. The van der Waals surface area contributed by atoms with Gasteiger partial charge < -0.3 is 9.84 Å². The predicted molar refractivity (Wildman–Crippen MR) is 56.2 cm³/mol. The Hall–Kier alpha value is -1.13. The topological polar surface area (TPSA) is 38.1 Å². The third-order valence-electron chi connectivity index (χ3n) is 1.98. The lowest BCUT2D eigenvalue weighted by atomic mass is 10.2. The summed E-state index contributed by atoms with van der Waals surface area (Å²) in [5.74, 6) is 0. The normalized spacial score (nSPS) is 10.6. The number of hydrogen-bond acceptors (Lipinski definition) is 4. The summed E-state index contributed by atoms with van der Waals surface area (Å²) in [6, 6.07) is 2.16. The molecule has 0 atom stereocenters. The van der Waals surface area contributed by atoms with E-state index in [0.29, 0.717) is 0 Å². The van der Waals surface area contributed by atoms with Crippen molar-refractivity contribution in [3.63, 3.8) is 0 Å². The second-order valence-corrected chi connectivity index (χ2v) is 3.87. The fourth-order valence-corrected chi connectivity index (χ4v) is 1.92. The van der Waals surface area contributed by atoms with Crippen molar-refractivity contribution in [3.8, 4) is 0 Å². The van der Waals surface area contributed by atoms with Crippen LogP contribution in [-0.2, 0) is 13.0 Å². The number of aromatic nitrogens is 1. The molecule has 0 bridgehead atoms. The van der Waals surface area contributed by atoms with Crippen LogP contribution in [0.3, 0.4) is 0 Å². The van der Waals surface area contributed by atoms with Gasteiger partial charge in [-0.3, -0.25) is 0 Å². The van der Waals surface area contributed by atoms with Gasteiger partial charge in [-0.25, -0.2) is 0 Å². The predicted octanol–water partition coefficient (Wildman–Crippen LogP) is 2.07. The smallest absolute Gasteiger partial charge is 0.128 e. The molecular formula is C10H12N2OS. The van der Waals surface area contributed by atoms with Gasteiger partial charge in [0.1, 0.15) is 6.26 Å². The SMILES string of the molecule is c1cc(CCNCc2cnoc2)cs1. The van der Waals surface area contributed by atoms with Gasteiger partial charge in [-0.1, -0.05) is 5.16 Å². The van der Waals surface area contributed by atoms with Gasteiger partial charge >= 0.3 is 0 Å². The Balaban J connectivity index is 1.65. The van der Waals surface area contributed by atoms with Gasteiger partial charge in [-0.15, -0.1) is 0 Å². The fourth-order valence-electron chi connectivity index (χ4n) is 1.21. The molecule has 74 valence electrons. The van der Waals surface area contributed by atoms with Gasteiger partial charge in [0.2, 0.25) is 0 Å². The maximum atomic E-state index is 4.73. The number of nitrogens with one attached hydrogen (secondary N) is 1. The van der Waals surface area contributed by atoms with Crippen molar-refractivity contribution < 1.29 is 4.52 Å². The molecule has 1 N–H and O–H groups in total. The maximum absolute atomic E-state index is 4.73. The van der Waals surface area contributed by atoms with Crippen LogP contribution < -0.4 is 5.32 Å². The van der Waals surface area contributed by atoms with E-state index in [-0.39, 0.29) is 0 Å². The molecule has 14 heavy (non-hydrogen) atoms. The number of hydrogen-bond donors (Lipinski definition) is 1. The second-order valence-electron chi connectivity index (χ2n) is 3.09. The standard InChI is InChI=1S/C10H12N2OS/c1(9-2-4-14-8-9)3-11-5-10-6-12-13-7-10/h2,4,6-8,11H,1,3,5H2. The molecular weight excluding hydrogens is 196 g/mol. The van der Waals surface area contributed by atoms with E-state index in [1.165, 1.54) is 5.56 Å². The Morgan fingerprint density at radius 3 is 3.14 bits per heavy atom. The Morgan fingerprint density at radius 2 is 2.43 bits per heavy atom. The molecule has 0 aromatic carbocycles. The second kappa shape index (κ2) is 4.93. The number of rotatable bonds is 5. The van der Waals surface area contributed by atoms with Crippen LogP contribution in [0.2, 0.25) is 0 Å². The zero-order valence-corrected chi connectivity index (χ0v) is 8.59. The quantitative estimate of drug-likeness (QED) is 0.764. The van der Waals surface area contributed by atoms with Crippen LogP contribution in [0.1, 0.15) is 11.1 Å². The molecule has 0 saturated heterocycles. The molecule has 2 aromatic heterocycles. The lowest BCUT2D eigenvalue weighted by Gasteiger charge is -2.00. The van der Waals surface area contributed by atoms with Gasteiger partial charge in [0.25, 0.3) is 0 Å². The molecule has 4 heteroatoms. The zero-order chi connectivity index (χ0) is 9.64. The first-order valence-electron chi connectivity index (χ1n) is 4.55. The fraction of sp³-hybridized carbons (Fsp3) is 0.300. The van der Waals surface area contributed by atoms with Crippen molar-refractivity contribution >= 4 is 11.3 Å². The van der Waals surface area contributed by atoms with E-state index in [1.807, 2.05) is 0 Å². The first-order chi connectivity index (χ1) is 6.95. The molecule has 0 fully saturated rings. The summed E-state index contributed by atoms with van der Waals surface area (Å²) in [5.41, 5.74) is 2.49. The highest BCUT2D eigenvalue weighted by Gasteiger charge is 1.95. The molecule has 0 aliphatic carbocycles. The molecule has 0 aliphatic heterocycles. The van der Waals surface area contributed by atoms with Gasteiger partial charge in [0.05, 0.1) is 6.20 Å². The molecule has 0 saturated carbocycles. The lowest BCUT2D eigenvalue weighted by molar-refractivity contribution is 0.418. The molecule has 0 aliphatic rings. The van der Waals surface area contributed by atoms with Crippen LogP contribution in [0, 0.1) is 0 Å². The molecule has 3 nitrogen and oxygen atoms in total. The van der Waals surface area contributed by atoms with Crippen LogP contribution >= 0.6 is 11.3 Å². The Labute approximate surface area is 86.7 Å². The van der Waals surface area contributed by atoms with Crippen molar-refractivity contribution in [1.82, 2.24) is 10.5 Å². The monoisotopic (exact) mass is 208 g/mol. The van der Waals surface area contributed by atoms with E-state index in [1.54, 1.807) is 23.8 Å². The van der Waals surface area contributed by atoms with Crippen molar-refractivity contribution in [2.75, 3.05) is 6.54 Å². The van der Waals surface area contributed by atoms with E-state index in [0.717, 1.165) is 25.1 Å². The van der Waals surface area contributed by atoms with Crippen LogP contribution in [0.25, 0.3) is 0 Å². The van der Waals surface area contributed by atoms with E-state index in [2.05, 4.69) is 27.3 Å². The summed E-state index contributed by atoms with van der Waals surface area (Å²) in [6.07, 6.45) is 4.48. The van der Waals surface area contributed by atoms with E-state index in [9.17, 15) is 0 Å². The third kappa shape index (κ3) is 2.68. The molecule has 2 heterocycles. The molecule has 2 rings (SSSR count). The van der Waals surface area contributed by atoms with Crippen molar-refractivity contribution in [1.29, 1.82) is 0 Å². The summed E-state index contributed by atoms with van der Waals surface area (Å²) >= 11 is 1.74.